The molecule has 2 rings (SSSR count). The second-order valence-electron chi connectivity index (χ2n) is 3.84. The zero-order chi connectivity index (χ0) is 12.4. The highest BCUT2D eigenvalue weighted by atomic mass is 32.2. The highest BCUT2D eigenvalue weighted by molar-refractivity contribution is 8.14. The van der Waals surface area contributed by atoms with Gasteiger partial charge in [-0.05, 0) is 6.08 Å². The van der Waals surface area contributed by atoms with E-state index in [0.717, 1.165) is 0 Å². The quantitative estimate of drug-likeness (QED) is 0.790. The van der Waals surface area contributed by atoms with Gasteiger partial charge in [-0.15, -0.1) is 0 Å². The van der Waals surface area contributed by atoms with Crippen LogP contribution in [0.15, 0.2) is 29.3 Å². The molecule has 0 aromatic carbocycles. The van der Waals surface area contributed by atoms with Crippen LogP contribution >= 0.6 is 11.8 Å². The van der Waals surface area contributed by atoms with Crippen LogP contribution in [-0.2, 0) is 9.59 Å². The smallest absolute Gasteiger partial charge is 0.229 e. The number of aliphatic imine (C=N–C) groups is 1. The molecular formula is C11H13N3O2S. The molecule has 0 aromatic rings. The topological polar surface area (TPSA) is 61.8 Å². The van der Waals surface area contributed by atoms with Gasteiger partial charge in [0.25, 0.3) is 0 Å². The second kappa shape index (κ2) is 4.75. The summed E-state index contributed by atoms with van der Waals surface area (Å²) in [6.45, 7) is 5.74. The van der Waals surface area contributed by atoms with Crippen LogP contribution in [0.1, 0.15) is 13.3 Å². The highest BCUT2D eigenvalue weighted by Gasteiger charge is 2.33. The lowest BCUT2D eigenvalue weighted by atomic mass is 10.4. The van der Waals surface area contributed by atoms with Gasteiger partial charge in [-0.1, -0.05) is 18.3 Å². The Hall–Kier alpha value is -1.56. The molecule has 0 spiro atoms. The molecule has 1 amide bonds. The van der Waals surface area contributed by atoms with Crippen molar-refractivity contribution >= 4 is 29.0 Å². The van der Waals surface area contributed by atoms with Crippen molar-refractivity contribution in [3.63, 3.8) is 0 Å². The molecule has 2 aliphatic rings. The van der Waals surface area contributed by atoms with E-state index in [2.05, 4.69) is 16.9 Å². The Kier molecular flexibility index (Phi) is 3.33. The Labute approximate surface area is 104 Å². The summed E-state index contributed by atoms with van der Waals surface area (Å²) >= 11 is 1.22. The molecule has 0 aliphatic carbocycles. The number of nitrogens with zero attached hydrogens (tertiary/aromatic N) is 2. The Morgan fingerprint density at radius 3 is 3.12 bits per heavy atom. The molecule has 1 fully saturated rings. The average Bonchev–Trinajstić information content (AvgIpc) is 2.58. The van der Waals surface area contributed by atoms with E-state index >= 15 is 0 Å². The molecule has 17 heavy (non-hydrogen) atoms. The normalized spacial score (nSPS) is 23.7. The lowest BCUT2D eigenvalue weighted by molar-refractivity contribution is -0.126. The number of carbonyl (C=O) groups is 2. The van der Waals surface area contributed by atoms with E-state index in [1.165, 1.54) is 18.7 Å². The summed E-state index contributed by atoms with van der Waals surface area (Å²) in [6, 6.07) is 0. The molecule has 2 aliphatic heterocycles. The summed E-state index contributed by atoms with van der Waals surface area (Å²) in [4.78, 5) is 28.4. The lowest BCUT2D eigenvalue weighted by Gasteiger charge is -2.22. The predicted octanol–water partition coefficient (Wildman–Crippen LogP) is 0.854. The van der Waals surface area contributed by atoms with Crippen molar-refractivity contribution in [3.05, 3.63) is 24.3 Å². The largest absolute Gasteiger partial charge is 0.327 e. The summed E-state index contributed by atoms with van der Waals surface area (Å²) < 4.78 is 0. The van der Waals surface area contributed by atoms with Crippen LogP contribution in [0.4, 0.5) is 0 Å². The average molecular weight is 251 g/mol. The Bertz CT molecular complexity index is 442. The van der Waals surface area contributed by atoms with E-state index in [4.69, 9.17) is 0 Å². The first-order valence-corrected chi connectivity index (χ1v) is 6.12. The van der Waals surface area contributed by atoms with Gasteiger partial charge in [0, 0.05) is 31.4 Å². The van der Waals surface area contributed by atoms with Gasteiger partial charge in [-0.25, -0.2) is 4.99 Å². The molecule has 0 aromatic heterocycles. The van der Waals surface area contributed by atoms with Gasteiger partial charge >= 0.3 is 0 Å². The third-order valence-electron chi connectivity index (χ3n) is 2.45. The van der Waals surface area contributed by atoms with Crippen LogP contribution in [0.2, 0.25) is 0 Å². The van der Waals surface area contributed by atoms with Crippen molar-refractivity contribution in [2.75, 3.05) is 6.54 Å². The summed E-state index contributed by atoms with van der Waals surface area (Å²) in [5, 5.41) is 3.02. The fraction of sp³-hybridized carbons (Fsp3) is 0.364. The van der Waals surface area contributed by atoms with E-state index in [9.17, 15) is 9.59 Å². The van der Waals surface area contributed by atoms with Gasteiger partial charge in [0.15, 0.2) is 5.12 Å². The number of likely N-dealkylation sites (tertiary alicyclic amines) is 1. The number of amides is 1. The van der Waals surface area contributed by atoms with Gasteiger partial charge in [-0.3, -0.25) is 14.5 Å². The summed E-state index contributed by atoms with van der Waals surface area (Å²) in [5.41, 5.74) is 0. The lowest BCUT2D eigenvalue weighted by Crippen LogP contribution is -2.33. The number of rotatable bonds is 2. The highest BCUT2D eigenvalue weighted by Crippen LogP contribution is 2.26. The fourth-order valence-corrected chi connectivity index (χ4v) is 2.72. The molecule has 6 heteroatoms. The Balaban J connectivity index is 2.05. The van der Waals surface area contributed by atoms with Crippen molar-refractivity contribution in [2.45, 2.75) is 18.6 Å². The first-order valence-electron chi connectivity index (χ1n) is 5.24. The predicted molar refractivity (Wildman–Crippen MR) is 67.2 cm³/mol. The molecule has 1 N–H and O–H groups in total. The van der Waals surface area contributed by atoms with Crippen LogP contribution < -0.4 is 5.32 Å². The SMILES string of the molecule is C=C1N=CC=C(N2CC(SC(C)=O)CC2=O)N1. The van der Waals surface area contributed by atoms with E-state index < -0.39 is 0 Å². The number of nitrogens with one attached hydrogen (secondary N) is 1. The number of hydrogen-bond acceptors (Lipinski definition) is 5. The van der Waals surface area contributed by atoms with Gasteiger partial charge < -0.3 is 5.32 Å². The summed E-state index contributed by atoms with van der Waals surface area (Å²) in [5.74, 6) is 1.21. The van der Waals surface area contributed by atoms with Crippen molar-refractivity contribution in [2.24, 2.45) is 4.99 Å². The van der Waals surface area contributed by atoms with Crippen LogP contribution in [0.5, 0.6) is 0 Å². The maximum atomic E-state index is 11.8. The van der Waals surface area contributed by atoms with Crippen LogP contribution in [-0.4, -0.2) is 33.9 Å². The monoisotopic (exact) mass is 251 g/mol. The van der Waals surface area contributed by atoms with E-state index in [0.29, 0.717) is 24.6 Å². The third kappa shape index (κ3) is 2.76. The van der Waals surface area contributed by atoms with Gasteiger partial charge in [-0.2, -0.15) is 0 Å². The first-order chi connectivity index (χ1) is 8.06. The van der Waals surface area contributed by atoms with Crippen molar-refractivity contribution in [3.8, 4) is 0 Å². The zero-order valence-corrected chi connectivity index (χ0v) is 10.3. The Morgan fingerprint density at radius 1 is 1.71 bits per heavy atom. The molecule has 0 bridgehead atoms. The molecular weight excluding hydrogens is 238 g/mol. The minimum atomic E-state index is 0.0191. The number of carbonyl (C=O) groups excluding carboxylic acids is 2. The first kappa shape index (κ1) is 11.9. The van der Waals surface area contributed by atoms with Crippen molar-refractivity contribution in [1.82, 2.24) is 10.2 Å². The van der Waals surface area contributed by atoms with Gasteiger partial charge in [0.2, 0.25) is 5.91 Å². The maximum Gasteiger partial charge on any atom is 0.229 e. The molecule has 5 nitrogen and oxygen atoms in total. The number of thioether (sulfide) groups is 1. The number of hydrogen-bond donors (Lipinski definition) is 1. The van der Waals surface area contributed by atoms with Crippen molar-refractivity contribution in [1.29, 1.82) is 0 Å². The summed E-state index contributed by atoms with van der Waals surface area (Å²) in [6.07, 6.45) is 3.73. The van der Waals surface area contributed by atoms with Crippen molar-refractivity contribution < 1.29 is 9.59 Å². The molecule has 0 radical (unpaired) electrons. The van der Waals surface area contributed by atoms with Gasteiger partial charge in [0.05, 0.1) is 0 Å². The summed E-state index contributed by atoms with van der Waals surface area (Å²) in [7, 11) is 0. The molecule has 90 valence electrons. The van der Waals surface area contributed by atoms with Crippen LogP contribution in [0.25, 0.3) is 0 Å². The van der Waals surface area contributed by atoms with E-state index in [1.807, 2.05) is 0 Å². The Morgan fingerprint density at radius 2 is 2.47 bits per heavy atom. The van der Waals surface area contributed by atoms with E-state index in [1.54, 1.807) is 17.2 Å². The van der Waals surface area contributed by atoms with Crippen LogP contribution in [0, 0.1) is 0 Å². The van der Waals surface area contributed by atoms with E-state index in [-0.39, 0.29) is 16.3 Å². The molecule has 2 heterocycles. The zero-order valence-electron chi connectivity index (χ0n) is 9.47. The minimum absolute atomic E-state index is 0.0191. The minimum Gasteiger partial charge on any atom is -0.327 e. The standard InChI is InChI=1S/C11H13N3O2S/c1-7-12-4-3-10(13-7)14-6-9(5-11(14)16)17-8(2)15/h3-4,9,13H,1,5-6H2,2H3. The maximum absolute atomic E-state index is 11.8. The third-order valence-corrected chi connectivity index (χ3v) is 3.43. The molecule has 1 saturated heterocycles. The molecule has 0 saturated carbocycles. The van der Waals surface area contributed by atoms with Gasteiger partial charge in [0.1, 0.15) is 11.6 Å². The number of allylic oxidation sites excluding steroid dienone is 1. The molecule has 1 atom stereocenters. The second-order valence-corrected chi connectivity index (χ2v) is 5.32. The van der Waals surface area contributed by atoms with Crippen LogP contribution in [0.3, 0.4) is 0 Å². The molecule has 1 unspecified atom stereocenters. The fourth-order valence-electron chi connectivity index (χ4n) is 1.80.